The van der Waals surface area contributed by atoms with Crippen LogP contribution in [0.15, 0.2) is 77.3 Å². The lowest BCUT2D eigenvalue weighted by Crippen LogP contribution is -2.08. The molecule has 0 bridgehead atoms. The van der Waals surface area contributed by atoms with Crippen LogP contribution in [0.4, 0.5) is 4.39 Å². The van der Waals surface area contributed by atoms with E-state index in [9.17, 15) is 14.4 Å². The molecule has 0 unspecified atom stereocenters. The number of allylic oxidation sites excluding steroid dienone is 1. The van der Waals surface area contributed by atoms with Gasteiger partial charge in [0.25, 0.3) is 0 Å². The Bertz CT molecular complexity index is 1040. The highest BCUT2D eigenvalue weighted by Crippen LogP contribution is 2.22. The van der Waals surface area contributed by atoms with Crippen molar-refractivity contribution in [3.8, 4) is 11.8 Å². The molecule has 3 aromatic rings. The molecule has 0 spiro atoms. The predicted octanol–water partition coefficient (Wildman–Crippen LogP) is 5.87. The van der Waals surface area contributed by atoms with Crippen molar-refractivity contribution in [3.63, 3.8) is 0 Å². The van der Waals surface area contributed by atoms with E-state index in [-0.39, 0.29) is 11.1 Å². The molecule has 0 saturated heterocycles. The minimum Gasteiger partial charge on any atom is -0.423 e. The molecule has 0 aliphatic heterocycles. The van der Waals surface area contributed by atoms with Gasteiger partial charge >= 0.3 is 5.97 Å². The smallest absolute Gasteiger partial charge is 0.343 e. The monoisotopic (exact) mass is 421 g/mol. The second kappa shape index (κ2) is 8.43. The van der Waals surface area contributed by atoms with Gasteiger partial charge in [-0.2, -0.15) is 5.26 Å². The number of rotatable bonds is 4. The van der Waals surface area contributed by atoms with Crippen LogP contribution in [0.25, 0.3) is 11.6 Å². The molecule has 3 aromatic carbocycles. The first kappa shape index (κ1) is 18.6. The number of benzene rings is 3. The molecule has 3 nitrogen and oxygen atoms in total. The van der Waals surface area contributed by atoms with Gasteiger partial charge in [-0.25, -0.2) is 9.18 Å². The van der Waals surface area contributed by atoms with Crippen LogP contribution in [0.3, 0.4) is 0 Å². The normalized spacial score (nSPS) is 10.9. The summed E-state index contributed by atoms with van der Waals surface area (Å²) in [7, 11) is 0. The Balaban J connectivity index is 1.77. The predicted molar refractivity (Wildman–Crippen MR) is 105 cm³/mol. The first-order valence-electron chi connectivity index (χ1n) is 8.01. The van der Waals surface area contributed by atoms with Gasteiger partial charge < -0.3 is 4.74 Å². The third-order valence-electron chi connectivity index (χ3n) is 3.77. The highest BCUT2D eigenvalue weighted by molar-refractivity contribution is 9.10. The third-order valence-corrected chi connectivity index (χ3v) is 4.29. The molecule has 0 radical (unpaired) electrons. The number of hydrogen-bond donors (Lipinski definition) is 0. The summed E-state index contributed by atoms with van der Waals surface area (Å²) < 4.78 is 20.1. The van der Waals surface area contributed by atoms with E-state index in [0.717, 1.165) is 4.47 Å². The molecule has 0 aromatic heterocycles. The third kappa shape index (κ3) is 4.69. The van der Waals surface area contributed by atoms with Crippen LogP contribution in [0.5, 0.6) is 5.75 Å². The first-order valence-corrected chi connectivity index (χ1v) is 8.80. The van der Waals surface area contributed by atoms with E-state index in [1.165, 1.54) is 6.07 Å². The molecule has 0 N–H and O–H groups in total. The van der Waals surface area contributed by atoms with Crippen molar-refractivity contribution in [2.24, 2.45) is 0 Å². The van der Waals surface area contributed by atoms with Crippen LogP contribution in [0, 0.1) is 17.1 Å². The summed E-state index contributed by atoms with van der Waals surface area (Å²) in [5, 5.41) is 9.33. The first-order chi connectivity index (χ1) is 13.1. The zero-order valence-electron chi connectivity index (χ0n) is 14.0. The molecule has 0 atom stereocenters. The molecule has 3 rings (SSSR count). The fourth-order valence-electron chi connectivity index (χ4n) is 2.40. The Morgan fingerprint density at radius 3 is 2.30 bits per heavy atom. The van der Waals surface area contributed by atoms with Gasteiger partial charge in [0.05, 0.1) is 17.2 Å². The minimum absolute atomic E-state index is 0.215. The summed E-state index contributed by atoms with van der Waals surface area (Å²) >= 11 is 3.31. The van der Waals surface area contributed by atoms with Crippen molar-refractivity contribution < 1.29 is 13.9 Å². The number of carbonyl (C=O) groups is 1. The van der Waals surface area contributed by atoms with Crippen LogP contribution in [-0.4, -0.2) is 5.97 Å². The number of esters is 1. The molecule has 0 aliphatic rings. The number of ether oxygens (including phenoxy) is 1. The lowest BCUT2D eigenvalue weighted by atomic mass is 10.0. The summed E-state index contributed by atoms with van der Waals surface area (Å²) in [5.74, 6) is -0.537. The molecular weight excluding hydrogens is 409 g/mol. The van der Waals surface area contributed by atoms with Crippen molar-refractivity contribution in [1.29, 1.82) is 5.26 Å². The average Bonchev–Trinajstić information content (AvgIpc) is 2.68. The maximum Gasteiger partial charge on any atom is 0.343 e. The van der Waals surface area contributed by atoms with E-state index in [2.05, 4.69) is 15.9 Å². The van der Waals surface area contributed by atoms with E-state index in [1.54, 1.807) is 72.8 Å². The highest BCUT2D eigenvalue weighted by atomic mass is 79.9. The van der Waals surface area contributed by atoms with E-state index in [0.29, 0.717) is 16.9 Å². The molecule has 0 fully saturated rings. The number of carbonyl (C=O) groups excluding carboxylic acids is 1. The fraction of sp³-hybridized carbons (Fsp3) is 0. The highest BCUT2D eigenvalue weighted by Gasteiger charge is 2.09. The summed E-state index contributed by atoms with van der Waals surface area (Å²) in [4.78, 5) is 12.1. The van der Waals surface area contributed by atoms with Crippen molar-refractivity contribution >= 4 is 33.5 Å². The largest absolute Gasteiger partial charge is 0.423 e. The van der Waals surface area contributed by atoms with E-state index >= 15 is 0 Å². The van der Waals surface area contributed by atoms with Crippen LogP contribution in [0.2, 0.25) is 0 Å². The van der Waals surface area contributed by atoms with E-state index < -0.39 is 11.8 Å². The molecular formula is C22H13BrFNO2. The average molecular weight is 422 g/mol. The molecule has 27 heavy (non-hydrogen) atoms. The van der Waals surface area contributed by atoms with Gasteiger partial charge in [-0.15, -0.1) is 0 Å². The Morgan fingerprint density at radius 1 is 1.00 bits per heavy atom. The molecule has 0 aliphatic carbocycles. The number of nitrogens with zero attached hydrogens (tertiary/aromatic N) is 1. The second-order valence-corrected chi connectivity index (χ2v) is 6.53. The van der Waals surface area contributed by atoms with Crippen LogP contribution >= 0.6 is 15.9 Å². The quantitative estimate of drug-likeness (QED) is 0.229. The van der Waals surface area contributed by atoms with E-state index in [1.807, 2.05) is 6.07 Å². The lowest BCUT2D eigenvalue weighted by molar-refractivity contribution is 0.0734. The van der Waals surface area contributed by atoms with Gasteiger partial charge in [-0.3, -0.25) is 0 Å². The van der Waals surface area contributed by atoms with Crippen molar-refractivity contribution in [2.45, 2.75) is 0 Å². The summed E-state index contributed by atoms with van der Waals surface area (Å²) in [6.07, 6.45) is 1.58. The minimum atomic E-state index is -0.463. The topological polar surface area (TPSA) is 50.1 Å². The summed E-state index contributed by atoms with van der Waals surface area (Å²) in [5.41, 5.74) is 1.59. The van der Waals surface area contributed by atoms with Gasteiger partial charge in [0.1, 0.15) is 11.6 Å². The molecule has 0 amide bonds. The van der Waals surface area contributed by atoms with Gasteiger partial charge in [0.2, 0.25) is 0 Å². The van der Waals surface area contributed by atoms with Gasteiger partial charge in [0.15, 0.2) is 0 Å². The van der Waals surface area contributed by atoms with Crippen LogP contribution in [-0.2, 0) is 0 Å². The Hall–Kier alpha value is -3.23. The van der Waals surface area contributed by atoms with Crippen LogP contribution < -0.4 is 4.74 Å². The molecule has 132 valence electrons. The number of nitriles is 1. The standard InChI is InChI=1S/C22H13BrFNO2/c23-18-9-7-16(8-10-18)22(26)27-19-11-5-15(6-12-19)13-17(14-25)20-3-1-2-4-21(20)24/h1-13H/b17-13-. The zero-order chi connectivity index (χ0) is 19.2. The SMILES string of the molecule is N#C/C(=C/c1ccc(OC(=O)c2ccc(Br)cc2)cc1)c1ccccc1F. The molecule has 5 heteroatoms. The second-order valence-electron chi connectivity index (χ2n) is 5.62. The van der Waals surface area contributed by atoms with Gasteiger partial charge in [-0.05, 0) is 54.1 Å². The van der Waals surface area contributed by atoms with Gasteiger partial charge in [0, 0.05) is 10.0 Å². The summed E-state index contributed by atoms with van der Waals surface area (Å²) in [6.45, 7) is 0. The summed E-state index contributed by atoms with van der Waals surface area (Å²) in [6, 6.07) is 21.6. The fourth-order valence-corrected chi connectivity index (χ4v) is 2.66. The maximum absolute atomic E-state index is 13.9. The van der Waals surface area contributed by atoms with Crippen molar-refractivity contribution in [2.75, 3.05) is 0 Å². The Labute approximate surface area is 164 Å². The van der Waals surface area contributed by atoms with Crippen LogP contribution in [0.1, 0.15) is 21.5 Å². The van der Waals surface area contributed by atoms with Gasteiger partial charge in [-0.1, -0.05) is 46.3 Å². The number of hydrogen-bond acceptors (Lipinski definition) is 3. The molecule has 0 saturated carbocycles. The molecule has 0 heterocycles. The zero-order valence-corrected chi connectivity index (χ0v) is 15.6. The Morgan fingerprint density at radius 2 is 1.67 bits per heavy atom. The van der Waals surface area contributed by atoms with Crippen molar-refractivity contribution in [1.82, 2.24) is 0 Å². The van der Waals surface area contributed by atoms with E-state index in [4.69, 9.17) is 4.74 Å². The van der Waals surface area contributed by atoms with Crippen molar-refractivity contribution in [3.05, 3.63) is 99.8 Å². The number of halogens is 2. The maximum atomic E-state index is 13.9. The lowest BCUT2D eigenvalue weighted by Gasteiger charge is -2.05. The Kier molecular flexibility index (Phi) is 5.80.